The molecule has 0 bridgehead atoms. The molecule has 1 nitrogen and oxygen atoms in total. The summed E-state index contributed by atoms with van der Waals surface area (Å²) in [4.78, 5) is 0. The van der Waals surface area contributed by atoms with Gasteiger partial charge < -0.3 is 5.73 Å². The fourth-order valence-corrected chi connectivity index (χ4v) is 3.09. The van der Waals surface area contributed by atoms with Crippen molar-refractivity contribution in [1.29, 1.82) is 0 Å². The molecule has 0 aliphatic carbocycles. The van der Waals surface area contributed by atoms with Gasteiger partial charge in [-0.3, -0.25) is 0 Å². The summed E-state index contributed by atoms with van der Waals surface area (Å²) in [6.45, 7) is 0. The number of benzene rings is 1. The van der Waals surface area contributed by atoms with Crippen molar-refractivity contribution in [3.63, 3.8) is 0 Å². The van der Waals surface area contributed by atoms with E-state index in [1.54, 1.807) is 12.1 Å². The molecule has 76 valence electrons. The van der Waals surface area contributed by atoms with E-state index >= 15 is 0 Å². The number of nitrogens with two attached hydrogens (primary N) is 1. The normalized spacial score (nSPS) is 21.4. The maximum absolute atomic E-state index is 13.0. The lowest BCUT2D eigenvalue weighted by atomic mass is 9.98. The second kappa shape index (κ2) is 4.22. The van der Waals surface area contributed by atoms with Crippen LogP contribution in [-0.4, -0.2) is 11.5 Å². The Morgan fingerprint density at radius 2 is 2.36 bits per heavy atom. The average molecular weight is 211 g/mol. The molecule has 1 heterocycles. The first kappa shape index (κ1) is 9.84. The Balaban J connectivity index is 2.10. The minimum Gasteiger partial charge on any atom is -0.399 e. The number of halogens is 1. The highest BCUT2D eigenvalue weighted by molar-refractivity contribution is 7.99. The fourth-order valence-electron chi connectivity index (χ4n) is 1.81. The Labute approximate surface area is 87.9 Å². The predicted molar refractivity (Wildman–Crippen MR) is 59.9 cm³/mol. The van der Waals surface area contributed by atoms with Crippen LogP contribution in [0, 0.1) is 11.7 Å². The van der Waals surface area contributed by atoms with E-state index in [0.717, 1.165) is 17.7 Å². The quantitative estimate of drug-likeness (QED) is 0.761. The van der Waals surface area contributed by atoms with E-state index in [1.807, 2.05) is 11.8 Å². The highest BCUT2D eigenvalue weighted by atomic mass is 32.2. The third-order valence-corrected chi connectivity index (χ3v) is 3.87. The summed E-state index contributed by atoms with van der Waals surface area (Å²) in [7, 11) is 0. The van der Waals surface area contributed by atoms with Gasteiger partial charge in [0.25, 0.3) is 0 Å². The maximum Gasteiger partial charge on any atom is 0.123 e. The smallest absolute Gasteiger partial charge is 0.123 e. The van der Waals surface area contributed by atoms with Crippen molar-refractivity contribution in [3.8, 4) is 0 Å². The fraction of sp³-hybridized carbons (Fsp3) is 0.455. The molecular weight excluding hydrogens is 197 g/mol. The van der Waals surface area contributed by atoms with Gasteiger partial charge in [0, 0.05) is 5.69 Å². The molecule has 3 heteroatoms. The van der Waals surface area contributed by atoms with E-state index in [4.69, 9.17) is 5.73 Å². The van der Waals surface area contributed by atoms with Crippen LogP contribution in [0.2, 0.25) is 0 Å². The van der Waals surface area contributed by atoms with Gasteiger partial charge in [0.15, 0.2) is 0 Å². The highest BCUT2D eigenvalue weighted by Gasteiger charge is 2.17. The average Bonchev–Trinajstić information content (AvgIpc) is 2.64. The lowest BCUT2D eigenvalue weighted by Crippen LogP contribution is -2.05. The van der Waals surface area contributed by atoms with Crippen molar-refractivity contribution < 1.29 is 4.39 Å². The molecule has 1 aliphatic rings. The molecule has 1 saturated heterocycles. The van der Waals surface area contributed by atoms with Gasteiger partial charge in [-0.05, 0) is 54.0 Å². The third-order valence-electron chi connectivity index (χ3n) is 2.64. The molecule has 14 heavy (non-hydrogen) atoms. The van der Waals surface area contributed by atoms with E-state index in [9.17, 15) is 4.39 Å². The molecule has 1 aromatic rings. The van der Waals surface area contributed by atoms with Crippen molar-refractivity contribution >= 4 is 17.4 Å². The first-order valence-corrected chi connectivity index (χ1v) is 6.03. The lowest BCUT2D eigenvalue weighted by Gasteiger charge is -2.10. The van der Waals surface area contributed by atoms with Crippen molar-refractivity contribution in [2.24, 2.45) is 5.92 Å². The molecule has 1 unspecified atom stereocenters. The topological polar surface area (TPSA) is 26.0 Å². The van der Waals surface area contributed by atoms with Crippen LogP contribution in [0.1, 0.15) is 12.0 Å². The molecule has 1 atom stereocenters. The maximum atomic E-state index is 13.0. The van der Waals surface area contributed by atoms with Crippen LogP contribution >= 0.6 is 11.8 Å². The summed E-state index contributed by atoms with van der Waals surface area (Å²) in [6, 6.07) is 4.65. The van der Waals surface area contributed by atoms with Crippen LogP contribution in [0.3, 0.4) is 0 Å². The van der Waals surface area contributed by atoms with E-state index < -0.39 is 0 Å². The van der Waals surface area contributed by atoms with Gasteiger partial charge in [0.1, 0.15) is 5.82 Å². The number of thioether (sulfide) groups is 1. The zero-order valence-corrected chi connectivity index (χ0v) is 8.82. The van der Waals surface area contributed by atoms with Gasteiger partial charge in [-0.2, -0.15) is 11.8 Å². The first-order valence-electron chi connectivity index (χ1n) is 4.87. The summed E-state index contributed by atoms with van der Waals surface area (Å²) >= 11 is 1.98. The summed E-state index contributed by atoms with van der Waals surface area (Å²) in [5.41, 5.74) is 7.49. The van der Waals surface area contributed by atoms with Gasteiger partial charge >= 0.3 is 0 Å². The van der Waals surface area contributed by atoms with Crippen LogP contribution in [0.25, 0.3) is 0 Å². The zero-order valence-electron chi connectivity index (χ0n) is 8.00. The Morgan fingerprint density at radius 1 is 1.50 bits per heavy atom. The standard InChI is InChI=1S/C11H14FNS/c12-10-1-2-11(13)9(6-10)5-8-3-4-14-7-8/h1-2,6,8H,3-5,7,13H2. The SMILES string of the molecule is Nc1ccc(F)cc1CC1CCSC1. The van der Waals surface area contributed by atoms with E-state index in [0.29, 0.717) is 5.92 Å². The van der Waals surface area contributed by atoms with Crippen LogP contribution < -0.4 is 5.73 Å². The van der Waals surface area contributed by atoms with Crippen molar-refractivity contribution in [3.05, 3.63) is 29.6 Å². The molecule has 1 fully saturated rings. The van der Waals surface area contributed by atoms with E-state index in [-0.39, 0.29) is 5.82 Å². The van der Waals surface area contributed by atoms with Crippen LogP contribution in [0.4, 0.5) is 10.1 Å². The van der Waals surface area contributed by atoms with Crippen molar-refractivity contribution in [1.82, 2.24) is 0 Å². The van der Waals surface area contributed by atoms with Crippen molar-refractivity contribution in [2.45, 2.75) is 12.8 Å². The number of anilines is 1. The molecule has 2 N–H and O–H groups in total. The second-order valence-electron chi connectivity index (χ2n) is 3.78. The number of rotatable bonds is 2. The van der Waals surface area contributed by atoms with Crippen LogP contribution in [0.15, 0.2) is 18.2 Å². The molecule has 0 amide bonds. The second-order valence-corrected chi connectivity index (χ2v) is 4.93. The third kappa shape index (κ3) is 2.21. The van der Waals surface area contributed by atoms with Crippen LogP contribution in [0.5, 0.6) is 0 Å². The molecule has 1 aromatic carbocycles. The molecule has 1 aliphatic heterocycles. The lowest BCUT2D eigenvalue weighted by molar-refractivity contribution is 0.587. The Hall–Kier alpha value is -0.700. The van der Waals surface area contributed by atoms with Gasteiger partial charge in [-0.25, -0.2) is 4.39 Å². The minimum atomic E-state index is -0.181. The first-order chi connectivity index (χ1) is 6.75. The van der Waals surface area contributed by atoms with Crippen LogP contribution in [-0.2, 0) is 6.42 Å². The molecule has 2 rings (SSSR count). The minimum absolute atomic E-state index is 0.181. The molecule has 0 saturated carbocycles. The number of nitrogen functional groups attached to an aromatic ring is 1. The summed E-state index contributed by atoms with van der Waals surface area (Å²) in [5.74, 6) is 2.93. The Kier molecular flexibility index (Phi) is 2.96. The van der Waals surface area contributed by atoms with E-state index in [1.165, 1.54) is 24.0 Å². The highest BCUT2D eigenvalue weighted by Crippen LogP contribution is 2.28. The van der Waals surface area contributed by atoms with Gasteiger partial charge in [0.2, 0.25) is 0 Å². The molecular formula is C11H14FNS. The monoisotopic (exact) mass is 211 g/mol. The predicted octanol–water partition coefficient (Wildman–Crippen LogP) is 2.70. The summed E-state index contributed by atoms with van der Waals surface area (Å²) in [5, 5.41) is 0. The Bertz CT molecular complexity index is 321. The molecule has 0 radical (unpaired) electrons. The van der Waals surface area contributed by atoms with Gasteiger partial charge in [-0.1, -0.05) is 0 Å². The Morgan fingerprint density at radius 3 is 3.07 bits per heavy atom. The van der Waals surface area contributed by atoms with Crippen molar-refractivity contribution in [2.75, 3.05) is 17.2 Å². The zero-order chi connectivity index (χ0) is 9.97. The summed E-state index contributed by atoms with van der Waals surface area (Å²) < 4.78 is 13.0. The molecule has 0 spiro atoms. The molecule has 0 aromatic heterocycles. The number of hydrogen-bond donors (Lipinski definition) is 1. The summed E-state index contributed by atoms with van der Waals surface area (Å²) in [6.07, 6.45) is 2.16. The van der Waals surface area contributed by atoms with Gasteiger partial charge in [-0.15, -0.1) is 0 Å². The van der Waals surface area contributed by atoms with Gasteiger partial charge in [0.05, 0.1) is 0 Å². The number of hydrogen-bond acceptors (Lipinski definition) is 2. The largest absolute Gasteiger partial charge is 0.399 e. The van der Waals surface area contributed by atoms with E-state index in [2.05, 4.69) is 0 Å².